The second-order valence-corrected chi connectivity index (χ2v) is 7.08. The van der Waals surface area contributed by atoms with Gasteiger partial charge in [-0.15, -0.1) is 0 Å². The summed E-state index contributed by atoms with van der Waals surface area (Å²) in [4.78, 5) is 2.06. The van der Waals surface area contributed by atoms with Crippen LogP contribution in [-0.2, 0) is 13.2 Å². The molecule has 0 aromatic heterocycles. The molecule has 0 aliphatic heterocycles. The van der Waals surface area contributed by atoms with Crippen molar-refractivity contribution in [3.63, 3.8) is 0 Å². The van der Waals surface area contributed by atoms with E-state index in [2.05, 4.69) is 39.8 Å². The van der Waals surface area contributed by atoms with Crippen LogP contribution in [0.2, 0.25) is 0 Å². The largest absolute Gasteiger partial charge is 0.489 e. The number of hydrogen-bond acceptors (Lipinski definition) is 3. The Kier molecular flexibility index (Phi) is 6.87. The van der Waals surface area contributed by atoms with Crippen molar-refractivity contribution in [3.8, 4) is 5.75 Å². The molecule has 3 rings (SSSR count). The molecule has 0 spiro atoms. The van der Waals surface area contributed by atoms with Crippen molar-refractivity contribution in [3.05, 3.63) is 90.0 Å². The van der Waals surface area contributed by atoms with Crippen LogP contribution in [0.4, 0.5) is 11.4 Å². The average molecular weight is 392 g/mol. The Labute approximate surface area is 172 Å². The molecule has 0 unspecified atom stereocenters. The van der Waals surface area contributed by atoms with Gasteiger partial charge in [0.15, 0.2) is 5.11 Å². The standard InChI is InChI=1S/C23H25N3OS/c1-26(2)21-12-10-20(11-13-21)25-23(28)24-16-18-8-14-22(15-9-18)27-17-19-6-4-3-5-7-19/h3-15H,16-17H2,1-2H3,(H2,24,25,28). The van der Waals surface area contributed by atoms with Gasteiger partial charge in [-0.2, -0.15) is 0 Å². The quantitative estimate of drug-likeness (QED) is 0.565. The smallest absolute Gasteiger partial charge is 0.171 e. The maximum absolute atomic E-state index is 5.82. The Hall–Kier alpha value is -3.05. The van der Waals surface area contributed by atoms with E-state index in [1.807, 2.05) is 68.7 Å². The molecule has 5 heteroatoms. The first-order valence-electron chi connectivity index (χ1n) is 9.18. The van der Waals surface area contributed by atoms with Gasteiger partial charge in [0.05, 0.1) is 0 Å². The van der Waals surface area contributed by atoms with Crippen LogP contribution < -0.4 is 20.3 Å². The van der Waals surface area contributed by atoms with Crippen molar-refractivity contribution in [2.24, 2.45) is 0 Å². The molecule has 0 aliphatic carbocycles. The van der Waals surface area contributed by atoms with E-state index in [1.54, 1.807) is 0 Å². The summed E-state index contributed by atoms with van der Waals surface area (Å²) in [6.07, 6.45) is 0. The van der Waals surface area contributed by atoms with Crippen LogP contribution in [0.5, 0.6) is 5.75 Å². The highest BCUT2D eigenvalue weighted by Crippen LogP contribution is 2.16. The molecule has 0 atom stereocenters. The van der Waals surface area contributed by atoms with E-state index >= 15 is 0 Å². The summed E-state index contributed by atoms with van der Waals surface area (Å²) in [6, 6.07) is 26.3. The summed E-state index contributed by atoms with van der Waals surface area (Å²) in [6.45, 7) is 1.22. The fourth-order valence-corrected chi connectivity index (χ4v) is 2.83. The molecule has 0 saturated carbocycles. The van der Waals surface area contributed by atoms with Crippen molar-refractivity contribution in [2.75, 3.05) is 24.3 Å². The molecule has 4 nitrogen and oxygen atoms in total. The van der Waals surface area contributed by atoms with Crippen LogP contribution in [0.1, 0.15) is 11.1 Å². The lowest BCUT2D eigenvalue weighted by Gasteiger charge is -2.14. The molecule has 0 heterocycles. The lowest BCUT2D eigenvalue weighted by atomic mass is 10.2. The van der Waals surface area contributed by atoms with Gasteiger partial charge >= 0.3 is 0 Å². The number of hydrogen-bond donors (Lipinski definition) is 2. The highest BCUT2D eigenvalue weighted by atomic mass is 32.1. The molecule has 0 fully saturated rings. The summed E-state index contributed by atoms with van der Waals surface area (Å²) >= 11 is 5.38. The van der Waals surface area contributed by atoms with Crippen LogP contribution >= 0.6 is 12.2 Å². The SMILES string of the molecule is CN(C)c1ccc(NC(=S)NCc2ccc(OCc3ccccc3)cc2)cc1. The van der Waals surface area contributed by atoms with Crippen LogP contribution in [0.3, 0.4) is 0 Å². The molecule has 0 amide bonds. The van der Waals surface area contributed by atoms with Crippen LogP contribution in [-0.4, -0.2) is 19.2 Å². The van der Waals surface area contributed by atoms with Gasteiger partial charge in [0.25, 0.3) is 0 Å². The molecule has 3 aromatic rings. The highest BCUT2D eigenvalue weighted by Gasteiger charge is 2.01. The van der Waals surface area contributed by atoms with E-state index in [9.17, 15) is 0 Å². The summed E-state index contributed by atoms with van der Waals surface area (Å²) in [5, 5.41) is 7.04. The third kappa shape index (κ3) is 5.99. The third-order valence-corrected chi connectivity index (χ3v) is 4.51. The number of ether oxygens (including phenoxy) is 1. The number of nitrogens with one attached hydrogen (secondary N) is 2. The molecule has 144 valence electrons. The zero-order valence-electron chi connectivity index (χ0n) is 16.2. The van der Waals surface area contributed by atoms with Crippen molar-refractivity contribution >= 4 is 28.7 Å². The van der Waals surface area contributed by atoms with Gasteiger partial charge in [-0.3, -0.25) is 0 Å². The van der Waals surface area contributed by atoms with E-state index in [4.69, 9.17) is 17.0 Å². The minimum absolute atomic E-state index is 0.569. The second-order valence-electron chi connectivity index (χ2n) is 6.67. The van der Waals surface area contributed by atoms with Gasteiger partial charge in [0, 0.05) is 32.0 Å². The lowest BCUT2D eigenvalue weighted by molar-refractivity contribution is 0.306. The molecule has 0 radical (unpaired) electrons. The molecule has 0 bridgehead atoms. The molecule has 0 aliphatic rings. The zero-order valence-corrected chi connectivity index (χ0v) is 17.0. The Bertz CT molecular complexity index is 878. The third-order valence-electron chi connectivity index (χ3n) is 4.27. The van der Waals surface area contributed by atoms with E-state index < -0.39 is 0 Å². The van der Waals surface area contributed by atoms with E-state index in [0.717, 1.165) is 28.3 Å². The Morgan fingerprint density at radius 1 is 0.857 bits per heavy atom. The summed E-state index contributed by atoms with van der Waals surface area (Å²) in [5.41, 5.74) is 4.41. The highest BCUT2D eigenvalue weighted by molar-refractivity contribution is 7.80. The maximum atomic E-state index is 5.82. The normalized spacial score (nSPS) is 10.2. The molecule has 3 aromatic carbocycles. The topological polar surface area (TPSA) is 36.5 Å². The summed E-state index contributed by atoms with van der Waals surface area (Å²) < 4.78 is 5.82. The minimum atomic E-state index is 0.569. The molecular formula is C23H25N3OS. The van der Waals surface area contributed by atoms with Crippen molar-refractivity contribution in [2.45, 2.75) is 13.2 Å². The second kappa shape index (κ2) is 9.76. The van der Waals surface area contributed by atoms with Gasteiger partial charge in [0.1, 0.15) is 12.4 Å². The van der Waals surface area contributed by atoms with E-state index in [-0.39, 0.29) is 0 Å². The van der Waals surface area contributed by atoms with E-state index in [0.29, 0.717) is 18.3 Å². The number of anilines is 2. The fourth-order valence-electron chi connectivity index (χ4n) is 2.64. The first-order chi connectivity index (χ1) is 13.6. The molecular weight excluding hydrogens is 366 g/mol. The number of rotatable bonds is 7. The number of thiocarbonyl (C=S) groups is 1. The maximum Gasteiger partial charge on any atom is 0.171 e. The van der Waals surface area contributed by atoms with Crippen molar-refractivity contribution in [1.29, 1.82) is 0 Å². The fraction of sp³-hybridized carbons (Fsp3) is 0.174. The van der Waals surface area contributed by atoms with Crippen molar-refractivity contribution in [1.82, 2.24) is 5.32 Å². The van der Waals surface area contributed by atoms with Crippen LogP contribution in [0.15, 0.2) is 78.9 Å². The van der Waals surface area contributed by atoms with Gasteiger partial charge in [-0.05, 0) is 59.7 Å². The average Bonchev–Trinajstić information content (AvgIpc) is 2.72. The van der Waals surface area contributed by atoms with Gasteiger partial charge in [-0.25, -0.2) is 0 Å². The first-order valence-corrected chi connectivity index (χ1v) is 9.59. The predicted octanol–water partition coefficient (Wildman–Crippen LogP) is 4.82. The van der Waals surface area contributed by atoms with E-state index in [1.165, 1.54) is 0 Å². The van der Waals surface area contributed by atoms with Gasteiger partial charge in [-0.1, -0.05) is 42.5 Å². The van der Waals surface area contributed by atoms with Gasteiger partial charge in [0.2, 0.25) is 0 Å². The number of benzene rings is 3. The summed E-state index contributed by atoms with van der Waals surface area (Å²) in [7, 11) is 4.04. The lowest BCUT2D eigenvalue weighted by Crippen LogP contribution is -2.27. The zero-order chi connectivity index (χ0) is 19.8. The van der Waals surface area contributed by atoms with Crippen LogP contribution in [0, 0.1) is 0 Å². The predicted molar refractivity (Wildman–Crippen MR) is 121 cm³/mol. The summed E-state index contributed by atoms with van der Waals surface area (Å²) in [5.74, 6) is 0.856. The first kappa shape index (κ1) is 19.7. The number of nitrogens with zero attached hydrogens (tertiary/aromatic N) is 1. The Balaban J connectivity index is 1.44. The molecule has 0 saturated heterocycles. The Morgan fingerprint density at radius 2 is 1.54 bits per heavy atom. The monoisotopic (exact) mass is 391 g/mol. The molecule has 28 heavy (non-hydrogen) atoms. The van der Waals surface area contributed by atoms with Gasteiger partial charge < -0.3 is 20.3 Å². The molecule has 2 N–H and O–H groups in total. The van der Waals surface area contributed by atoms with Crippen LogP contribution in [0.25, 0.3) is 0 Å². The van der Waals surface area contributed by atoms with Crippen molar-refractivity contribution < 1.29 is 4.74 Å². The minimum Gasteiger partial charge on any atom is -0.489 e. The Morgan fingerprint density at radius 3 is 2.18 bits per heavy atom.